The smallest absolute Gasteiger partial charge is 0.241 e. The van der Waals surface area contributed by atoms with E-state index in [1.54, 1.807) is 0 Å². The van der Waals surface area contributed by atoms with E-state index in [4.69, 9.17) is 0 Å². The molecule has 0 spiro atoms. The van der Waals surface area contributed by atoms with Crippen LogP contribution in [-0.4, -0.2) is 45.9 Å². The van der Waals surface area contributed by atoms with Crippen molar-refractivity contribution in [3.8, 4) is 0 Å². The Balaban J connectivity index is 0.00000392. The number of benzene rings is 1. The number of hydrogen-bond donors (Lipinski definition) is 4. The van der Waals surface area contributed by atoms with Crippen molar-refractivity contribution in [2.75, 3.05) is 25.0 Å². The summed E-state index contributed by atoms with van der Waals surface area (Å²) in [5.74, 6) is -0.0385. The highest BCUT2D eigenvalue weighted by molar-refractivity contribution is 7.89. The molecule has 158 valence electrons. The van der Waals surface area contributed by atoms with Gasteiger partial charge in [-0.2, -0.15) is 4.72 Å². The summed E-state index contributed by atoms with van der Waals surface area (Å²) in [4.78, 5) is 23.2. The highest BCUT2D eigenvalue weighted by atomic mass is 35.5. The fourth-order valence-electron chi connectivity index (χ4n) is 3.00. The van der Waals surface area contributed by atoms with Gasteiger partial charge in [0, 0.05) is 19.2 Å². The van der Waals surface area contributed by atoms with E-state index < -0.39 is 16.1 Å². The van der Waals surface area contributed by atoms with Crippen LogP contribution in [0.3, 0.4) is 0 Å². The number of carbonyl (C=O) groups excluding carboxylic acids is 2. The lowest BCUT2D eigenvalue weighted by molar-refractivity contribution is -0.122. The highest BCUT2D eigenvalue weighted by Crippen LogP contribution is 2.15. The van der Waals surface area contributed by atoms with Crippen LogP contribution in [0.15, 0.2) is 29.2 Å². The molecule has 10 heteroatoms. The quantitative estimate of drug-likeness (QED) is 0.493. The Kier molecular flexibility index (Phi) is 9.88. The van der Waals surface area contributed by atoms with Gasteiger partial charge in [0.1, 0.15) is 0 Å². The van der Waals surface area contributed by atoms with Crippen LogP contribution < -0.4 is 20.7 Å². The summed E-state index contributed by atoms with van der Waals surface area (Å²) >= 11 is 0. The lowest BCUT2D eigenvalue weighted by Crippen LogP contribution is -2.45. The van der Waals surface area contributed by atoms with Gasteiger partial charge in [-0.3, -0.25) is 9.59 Å². The van der Waals surface area contributed by atoms with E-state index in [1.165, 1.54) is 38.1 Å². The zero-order valence-corrected chi connectivity index (χ0v) is 17.8. The maximum atomic E-state index is 12.4. The SMILES string of the molecule is CC(=O)Nc1ccc(S(=O)(=O)NC(C)C(=O)NCCC2CCCNC2)cc1.Cl. The Morgan fingerprint density at radius 1 is 1.25 bits per heavy atom. The first-order valence-electron chi connectivity index (χ1n) is 9.16. The van der Waals surface area contributed by atoms with Crippen LogP contribution in [0, 0.1) is 5.92 Å². The summed E-state index contributed by atoms with van der Waals surface area (Å²) in [6.45, 7) is 5.43. The number of anilines is 1. The minimum absolute atomic E-state index is 0. The Morgan fingerprint density at radius 2 is 1.93 bits per heavy atom. The van der Waals surface area contributed by atoms with Crippen LogP contribution in [0.25, 0.3) is 0 Å². The van der Waals surface area contributed by atoms with Crippen LogP contribution in [0.5, 0.6) is 0 Å². The van der Waals surface area contributed by atoms with Gasteiger partial charge in [0.15, 0.2) is 0 Å². The molecule has 0 saturated carbocycles. The van der Waals surface area contributed by atoms with Crippen molar-refractivity contribution in [2.45, 2.75) is 44.0 Å². The van der Waals surface area contributed by atoms with Crippen molar-refractivity contribution in [2.24, 2.45) is 5.92 Å². The van der Waals surface area contributed by atoms with Gasteiger partial charge < -0.3 is 16.0 Å². The second kappa shape index (κ2) is 11.4. The van der Waals surface area contributed by atoms with Gasteiger partial charge in [-0.25, -0.2) is 8.42 Å². The molecule has 0 aromatic heterocycles. The van der Waals surface area contributed by atoms with Crippen molar-refractivity contribution >= 4 is 39.9 Å². The largest absolute Gasteiger partial charge is 0.355 e. The minimum atomic E-state index is -3.83. The first-order chi connectivity index (χ1) is 12.8. The fraction of sp³-hybridized carbons (Fsp3) is 0.556. The zero-order valence-electron chi connectivity index (χ0n) is 16.2. The molecule has 0 aliphatic carbocycles. The number of halogens is 1. The topological polar surface area (TPSA) is 116 Å². The number of hydrogen-bond acceptors (Lipinski definition) is 5. The molecule has 28 heavy (non-hydrogen) atoms. The monoisotopic (exact) mass is 432 g/mol. The summed E-state index contributed by atoms with van der Waals surface area (Å²) in [5, 5.41) is 8.69. The first kappa shape index (κ1) is 24.4. The zero-order chi connectivity index (χ0) is 19.9. The van der Waals surface area contributed by atoms with Crippen molar-refractivity contribution < 1.29 is 18.0 Å². The second-order valence-corrected chi connectivity index (χ2v) is 8.55. The van der Waals surface area contributed by atoms with Crippen molar-refractivity contribution in [3.05, 3.63) is 24.3 Å². The third-order valence-corrected chi connectivity index (χ3v) is 6.02. The van der Waals surface area contributed by atoms with Gasteiger partial charge in [0.25, 0.3) is 0 Å². The van der Waals surface area contributed by atoms with E-state index in [-0.39, 0.29) is 29.1 Å². The van der Waals surface area contributed by atoms with E-state index in [2.05, 4.69) is 20.7 Å². The predicted molar refractivity (Wildman–Crippen MR) is 111 cm³/mol. The third-order valence-electron chi connectivity index (χ3n) is 4.46. The fourth-order valence-corrected chi connectivity index (χ4v) is 4.20. The molecule has 1 saturated heterocycles. The molecule has 8 nitrogen and oxygen atoms in total. The van der Waals surface area contributed by atoms with Crippen molar-refractivity contribution in [1.82, 2.24) is 15.4 Å². The molecular weight excluding hydrogens is 404 g/mol. The number of rotatable bonds is 8. The molecule has 4 N–H and O–H groups in total. The third kappa shape index (κ3) is 7.75. The van der Waals surface area contributed by atoms with Crippen LogP contribution >= 0.6 is 12.4 Å². The standard InChI is InChI=1S/C18H28N4O4S.ClH/c1-13(18(24)20-11-9-15-4-3-10-19-12-15)22-27(25,26)17-7-5-16(6-8-17)21-14(2)23;/h5-8,13,15,19,22H,3-4,9-12H2,1-2H3,(H,20,24)(H,21,23);1H. The van der Waals surface area contributed by atoms with Crippen molar-refractivity contribution in [1.29, 1.82) is 0 Å². The molecule has 2 atom stereocenters. The lowest BCUT2D eigenvalue weighted by Gasteiger charge is -2.23. The van der Waals surface area contributed by atoms with E-state index in [0.717, 1.165) is 32.4 Å². The normalized spacial score (nSPS) is 17.9. The van der Waals surface area contributed by atoms with Gasteiger partial charge in [0.2, 0.25) is 21.8 Å². The average molecular weight is 433 g/mol. The van der Waals surface area contributed by atoms with Gasteiger partial charge in [-0.15, -0.1) is 12.4 Å². The maximum absolute atomic E-state index is 12.4. The Hall–Kier alpha value is -1.68. The summed E-state index contributed by atoms with van der Waals surface area (Å²) in [7, 11) is -3.83. The molecule has 0 radical (unpaired) electrons. The van der Waals surface area contributed by atoms with Gasteiger partial charge in [0.05, 0.1) is 10.9 Å². The van der Waals surface area contributed by atoms with Crippen molar-refractivity contribution in [3.63, 3.8) is 0 Å². The Morgan fingerprint density at radius 3 is 2.50 bits per heavy atom. The van der Waals surface area contributed by atoms with E-state index >= 15 is 0 Å². The summed E-state index contributed by atoms with van der Waals surface area (Å²) in [6.07, 6.45) is 3.18. The highest BCUT2D eigenvalue weighted by Gasteiger charge is 2.22. The molecule has 1 aliphatic heterocycles. The second-order valence-electron chi connectivity index (χ2n) is 6.84. The number of nitrogens with one attached hydrogen (secondary N) is 4. The molecule has 1 heterocycles. The summed E-state index contributed by atoms with van der Waals surface area (Å²) < 4.78 is 27.2. The summed E-state index contributed by atoms with van der Waals surface area (Å²) in [6, 6.07) is 4.88. The van der Waals surface area contributed by atoms with Crippen LogP contribution in [0.2, 0.25) is 0 Å². The molecule has 1 aliphatic rings. The van der Waals surface area contributed by atoms with E-state index in [9.17, 15) is 18.0 Å². The molecule has 0 bridgehead atoms. The Bertz CT molecular complexity index is 749. The average Bonchev–Trinajstić information content (AvgIpc) is 2.62. The van der Waals surface area contributed by atoms with Gasteiger partial charge >= 0.3 is 0 Å². The number of amides is 2. The molecule has 1 aromatic rings. The molecule has 2 rings (SSSR count). The lowest BCUT2D eigenvalue weighted by atomic mass is 9.96. The van der Waals surface area contributed by atoms with Gasteiger partial charge in [-0.05, 0) is 69.5 Å². The minimum Gasteiger partial charge on any atom is -0.355 e. The van der Waals surface area contributed by atoms with Crippen LogP contribution in [0.4, 0.5) is 5.69 Å². The Labute approximate surface area is 172 Å². The molecule has 1 aromatic carbocycles. The predicted octanol–water partition coefficient (Wildman–Crippen LogP) is 1.24. The van der Waals surface area contributed by atoms with Crippen LogP contribution in [-0.2, 0) is 19.6 Å². The molecule has 2 amide bonds. The number of sulfonamides is 1. The van der Waals surface area contributed by atoms with E-state index in [0.29, 0.717) is 18.2 Å². The molecule has 1 fully saturated rings. The summed E-state index contributed by atoms with van der Waals surface area (Å²) in [5.41, 5.74) is 0.504. The van der Waals surface area contributed by atoms with Crippen LogP contribution in [0.1, 0.15) is 33.1 Å². The number of carbonyl (C=O) groups is 2. The van der Waals surface area contributed by atoms with E-state index in [1.807, 2.05) is 0 Å². The molecular formula is C18H29ClN4O4S. The first-order valence-corrected chi connectivity index (χ1v) is 10.6. The van der Waals surface area contributed by atoms with Gasteiger partial charge in [-0.1, -0.05) is 0 Å². The molecule has 2 unspecified atom stereocenters. The number of piperidine rings is 1. The maximum Gasteiger partial charge on any atom is 0.241 e.